The summed E-state index contributed by atoms with van der Waals surface area (Å²) in [5, 5.41) is 6.97. The summed E-state index contributed by atoms with van der Waals surface area (Å²) in [5.41, 5.74) is 1.96. The molecule has 1 aliphatic carbocycles. The van der Waals surface area contributed by atoms with Crippen LogP contribution >= 0.6 is 0 Å². The molecule has 0 unspecified atom stereocenters. The fourth-order valence-electron chi connectivity index (χ4n) is 3.11. The first-order valence-electron chi connectivity index (χ1n) is 8.43. The van der Waals surface area contributed by atoms with Crippen LogP contribution in [0.15, 0.2) is 16.9 Å². The van der Waals surface area contributed by atoms with Crippen molar-refractivity contribution in [1.29, 1.82) is 0 Å². The van der Waals surface area contributed by atoms with Crippen molar-refractivity contribution in [2.75, 3.05) is 6.54 Å². The van der Waals surface area contributed by atoms with E-state index in [1.165, 1.54) is 0 Å². The van der Waals surface area contributed by atoms with E-state index in [1.54, 1.807) is 0 Å². The Balaban J connectivity index is 1.50. The molecule has 1 N–H and O–H groups in total. The van der Waals surface area contributed by atoms with E-state index in [0.717, 1.165) is 55.7 Å². The van der Waals surface area contributed by atoms with Crippen LogP contribution in [-0.2, 0) is 19.4 Å². The maximum absolute atomic E-state index is 12.3. The van der Waals surface area contributed by atoms with Crippen molar-refractivity contribution in [3.05, 3.63) is 35.2 Å². The number of carbonyl (C=O) groups excluding carboxylic acids is 1. The zero-order valence-corrected chi connectivity index (χ0v) is 13.8. The zero-order valence-electron chi connectivity index (χ0n) is 13.8. The number of aromatic nitrogens is 3. The monoisotopic (exact) mass is 316 g/mol. The second-order valence-corrected chi connectivity index (χ2v) is 6.39. The van der Waals surface area contributed by atoms with E-state index in [9.17, 15) is 4.79 Å². The van der Waals surface area contributed by atoms with E-state index in [2.05, 4.69) is 33.9 Å². The molecular weight excluding hydrogens is 292 g/mol. The van der Waals surface area contributed by atoms with Crippen LogP contribution < -0.4 is 5.32 Å². The average Bonchev–Trinajstić information content (AvgIpc) is 3.18. The highest BCUT2D eigenvalue weighted by Gasteiger charge is 2.23. The number of amides is 1. The first-order chi connectivity index (χ1) is 11.2. The van der Waals surface area contributed by atoms with Crippen LogP contribution in [0.3, 0.4) is 0 Å². The van der Waals surface area contributed by atoms with Gasteiger partial charge in [-0.25, -0.2) is 4.98 Å². The molecule has 2 aromatic heterocycles. The van der Waals surface area contributed by atoms with Crippen molar-refractivity contribution >= 4 is 5.91 Å². The average molecular weight is 316 g/mol. The summed E-state index contributed by atoms with van der Waals surface area (Å²) in [6.45, 7) is 5.73. The molecule has 3 rings (SSSR count). The zero-order chi connectivity index (χ0) is 16.2. The molecule has 0 saturated heterocycles. The van der Waals surface area contributed by atoms with Gasteiger partial charge in [0.15, 0.2) is 0 Å². The molecule has 2 heterocycles. The molecule has 6 heteroatoms. The van der Waals surface area contributed by atoms with Gasteiger partial charge in [-0.3, -0.25) is 4.79 Å². The van der Waals surface area contributed by atoms with Crippen LogP contribution in [0.1, 0.15) is 66.7 Å². The van der Waals surface area contributed by atoms with Crippen LogP contribution in [-0.4, -0.2) is 27.2 Å². The molecule has 6 nitrogen and oxygen atoms in total. The molecular formula is C17H24N4O2. The van der Waals surface area contributed by atoms with E-state index in [4.69, 9.17) is 4.52 Å². The number of aryl methyl sites for hydroxylation is 2. The number of hydrogen-bond donors (Lipinski definition) is 1. The smallest absolute Gasteiger partial charge is 0.290 e. The van der Waals surface area contributed by atoms with Crippen LogP contribution in [0.5, 0.6) is 0 Å². The molecule has 1 amide bonds. The Kier molecular flexibility index (Phi) is 4.79. The summed E-state index contributed by atoms with van der Waals surface area (Å²) in [6.07, 6.45) is 8.73. The Morgan fingerprint density at radius 2 is 2.22 bits per heavy atom. The number of nitrogens with zero attached hydrogens (tertiary/aromatic N) is 3. The van der Waals surface area contributed by atoms with Crippen LogP contribution in [0.25, 0.3) is 0 Å². The van der Waals surface area contributed by atoms with Gasteiger partial charge in [0, 0.05) is 37.0 Å². The Hall–Kier alpha value is -2.11. The highest BCUT2D eigenvalue weighted by Crippen LogP contribution is 2.23. The molecule has 1 aliphatic rings. The molecule has 0 atom stereocenters. The third-order valence-corrected chi connectivity index (χ3v) is 4.29. The quantitative estimate of drug-likeness (QED) is 0.832. The van der Waals surface area contributed by atoms with Crippen LogP contribution in [0.4, 0.5) is 0 Å². The molecule has 0 saturated carbocycles. The minimum absolute atomic E-state index is 0.143. The van der Waals surface area contributed by atoms with Gasteiger partial charge in [0.25, 0.3) is 5.91 Å². The van der Waals surface area contributed by atoms with Gasteiger partial charge in [-0.05, 0) is 32.1 Å². The molecule has 2 aromatic rings. The van der Waals surface area contributed by atoms with Crippen molar-refractivity contribution in [2.45, 2.75) is 58.4 Å². The second-order valence-electron chi connectivity index (χ2n) is 6.39. The van der Waals surface area contributed by atoms with E-state index in [-0.39, 0.29) is 5.91 Å². The lowest BCUT2D eigenvalue weighted by Crippen LogP contribution is -2.26. The van der Waals surface area contributed by atoms with Crippen molar-refractivity contribution < 1.29 is 9.32 Å². The van der Waals surface area contributed by atoms with Crippen LogP contribution in [0, 0.1) is 0 Å². The summed E-state index contributed by atoms with van der Waals surface area (Å²) in [7, 11) is 0. The van der Waals surface area contributed by atoms with Gasteiger partial charge in [-0.15, -0.1) is 0 Å². The predicted molar refractivity (Wildman–Crippen MR) is 86.4 cm³/mol. The van der Waals surface area contributed by atoms with E-state index < -0.39 is 0 Å². The van der Waals surface area contributed by atoms with Crippen molar-refractivity contribution in [3.8, 4) is 0 Å². The molecule has 0 radical (unpaired) electrons. The minimum Gasteiger partial charge on any atom is -0.350 e. The van der Waals surface area contributed by atoms with Gasteiger partial charge in [0.1, 0.15) is 5.82 Å². The summed E-state index contributed by atoms with van der Waals surface area (Å²) in [5.74, 6) is 1.75. The summed E-state index contributed by atoms with van der Waals surface area (Å²) in [6, 6.07) is 0. The lowest BCUT2D eigenvalue weighted by Gasteiger charge is -2.11. The molecule has 0 aliphatic heterocycles. The van der Waals surface area contributed by atoms with Gasteiger partial charge in [-0.1, -0.05) is 19.0 Å². The van der Waals surface area contributed by atoms with Gasteiger partial charge < -0.3 is 14.4 Å². The molecule has 23 heavy (non-hydrogen) atoms. The minimum atomic E-state index is -0.143. The lowest BCUT2D eigenvalue weighted by atomic mass is 9.96. The molecule has 0 bridgehead atoms. The fourth-order valence-corrected chi connectivity index (χ4v) is 3.11. The molecule has 124 valence electrons. The highest BCUT2D eigenvalue weighted by molar-refractivity contribution is 5.93. The standard InChI is InChI=1S/C17H24N4O2/c1-12(2)16-18-9-11-21(16)10-5-8-19-17(22)15-13-6-3-4-7-14(13)20-23-15/h9,11-12H,3-8,10H2,1-2H3,(H,19,22). The van der Waals surface area contributed by atoms with Crippen LogP contribution in [0.2, 0.25) is 0 Å². The molecule has 0 aromatic carbocycles. The van der Waals surface area contributed by atoms with Crippen molar-refractivity contribution in [3.63, 3.8) is 0 Å². The predicted octanol–water partition coefficient (Wildman–Crippen LogP) is 2.69. The molecule has 0 spiro atoms. The Morgan fingerprint density at radius 1 is 1.39 bits per heavy atom. The lowest BCUT2D eigenvalue weighted by molar-refractivity contribution is 0.0914. The first kappa shape index (κ1) is 15.8. The number of imidazole rings is 1. The van der Waals surface area contributed by atoms with E-state index in [1.807, 2.05) is 12.4 Å². The number of carbonyl (C=O) groups is 1. The summed E-state index contributed by atoms with van der Waals surface area (Å²) >= 11 is 0. The number of hydrogen-bond acceptors (Lipinski definition) is 4. The Morgan fingerprint density at radius 3 is 3.04 bits per heavy atom. The Bertz CT molecular complexity index is 672. The van der Waals surface area contributed by atoms with E-state index in [0.29, 0.717) is 18.2 Å². The van der Waals surface area contributed by atoms with Crippen molar-refractivity contribution in [1.82, 2.24) is 20.0 Å². The topological polar surface area (TPSA) is 73.0 Å². The first-order valence-corrected chi connectivity index (χ1v) is 8.43. The summed E-state index contributed by atoms with van der Waals surface area (Å²) < 4.78 is 7.40. The van der Waals surface area contributed by atoms with E-state index >= 15 is 0 Å². The fraction of sp³-hybridized carbons (Fsp3) is 0.588. The Labute approximate surface area is 136 Å². The number of nitrogens with one attached hydrogen (secondary N) is 1. The second kappa shape index (κ2) is 6.98. The third-order valence-electron chi connectivity index (χ3n) is 4.29. The largest absolute Gasteiger partial charge is 0.350 e. The normalized spacial score (nSPS) is 14.0. The maximum atomic E-state index is 12.3. The number of rotatable bonds is 6. The highest BCUT2D eigenvalue weighted by atomic mass is 16.5. The molecule has 0 fully saturated rings. The summed E-state index contributed by atoms with van der Waals surface area (Å²) in [4.78, 5) is 16.6. The number of fused-ring (bicyclic) bond motifs is 1. The van der Waals surface area contributed by atoms with Gasteiger partial charge in [-0.2, -0.15) is 0 Å². The third kappa shape index (κ3) is 3.46. The maximum Gasteiger partial charge on any atom is 0.290 e. The van der Waals surface area contributed by atoms with Crippen molar-refractivity contribution in [2.24, 2.45) is 0 Å². The van der Waals surface area contributed by atoms with Gasteiger partial charge in [0.05, 0.1) is 5.69 Å². The SMILES string of the molecule is CC(C)c1nccn1CCCNC(=O)c1onc2c1CCCC2. The van der Waals surface area contributed by atoms with Gasteiger partial charge >= 0.3 is 0 Å². The van der Waals surface area contributed by atoms with Gasteiger partial charge in [0.2, 0.25) is 5.76 Å².